The molecule has 0 spiro atoms. The van der Waals surface area contributed by atoms with Crippen LogP contribution in [0.3, 0.4) is 0 Å². The first-order valence-corrected chi connectivity index (χ1v) is 13.7. The van der Waals surface area contributed by atoms with Crippen molar-refractivity contribution in [2.24, 2.45) is 10.2 Å². The van der Waals surface area contributed by atoms with E-state index < -0.39 is 0 Å². The van der Waals surface area contributed by atoms with Gasteiger partial charge in [0.15, 0.2) is 23.0 Å². The minimum Gasteiger partial charge on any atom is -0.493 e. The van der Waals surface area contributed by atoms with Gasteiger partial charge >= 0.3 is 0 Å². The SMILES string of the molecule is COc1ccc(/C=N\NC(=O)CCCCCCCCC(=O)N/N=C\c2ccc(OC)c(OC)c2OC)c(OC)c1OC. The number of benzene rings is 2. The van der Waals surface area contributed by atoms with E-state index >= 15 is 0 Å². The van der Waals surface area contributed by atoms with E-state index in [1.165, 1.54) is 40.9 Å². The number of unbranched alkanes of at least 4 members (excludes halogenated alkanes) is 5. The Balaban J connectivity index is 1.61. The summed E-state index contributed by atoms with van der Waals surface area (Å²) in [6.45, 7) is 0. The fourth-order valence-electron chi connectivity index (χ4n) is 4.19. The molecular weight excluding hydrogens is 544 g/mol. The fourth-order valence-corrected chi connectivity index (χ4v) is 4.19. The van der Waals surface area contributed by atoms with Crippen LogP contribution in [0.2, 0.25) is 0 Å². The van der Waals surface area contributed by atoms with Crippen LogP contribution in [-0.2, 0) is 9.59 Å². The molecule has 42 heavy (non-hydrogen) atoms. The number of nitrogens with zero attached hydrogens (tertiary/aromatic N) is 2. The number of hydrazone groups is 2. The molecule has 0 unspecified atom stereocenters. The number of methoxy groups -OCH3 is 6. The van der Waals surface area contributed by atoms with Crippen molar-refractivity contribution in [3.05, 3.63) is 35.4 Å². The van der Waals surface area contributed by atoms with E-state index in [2.05, 4.69) is 21.1 Å². The maximum atomic E-state index is 12.1. The molecule has 0 aliphatic rings. The van der Waals surface area contributed by atoms with E-state index in [-0.39, 0.29) is 11.8 Å². The minimum atomic E-state index is -0.159. The zero-order valence-corrected chi connectivity index (χ0v) is 25.3. The Morgan fingerprint density at radius 2 is 0.905 bits per heavy atom. The van der Waals surface area contributed by atoms with Gasteiger partial charge in [-0.1, -0.05) is 25.7 Å². The lowest BCUT2D eigenvalue weighted by Gasteiger charge is -2.13. The molecule has 0 saturated heterocycles. The molecule has 0 aromatic heterocycles. The Morgan fingerprint density at radius 3 is 1.24 bits per heavy atom. The Morgan fingerprint density at radius 1 is 0.548 bits per heavy atom. The van der Waals surface area contributed by atoms with Crippen LogP contribution in [0.15, 0.2) is 34.5 Å². The summed E-state index contributed by atoms with van der Waals surface area (Å²) in [6.07, 6.45) is 9.11. The third-order valence-corrected chi connectivity index (χ3v) is 6.31. The predicted octanol–water partition coefficient (Wildman–Crippen LogP) is 4.46. The molecule has 2 rings (SSSR count). The molecule has 12 nitrogen and oxygen atoms in total. The molecule has 2 aromatic rings. The van der Waals surface area contributed by atoms with E-state index in [0.29, 0.717) is 58.5 Å². The molecule has 0 radical (unpaired) electrons. The first-order chi connectivity index (χ1) is 20.4. The second-order valence-corrected chi connectivity index (χ2v) is 9.05. The van der Waals surface area contributed by atoms with Gasteiger partial charge in [0.1, 0.15) is 0 Å². The highest BCUT2D eigenvalue weighted by atomic mass is 16.5. The molecule has 0 saturated carbocycles. The van der Waals surface area contributed by atoms with Crippen molar-refractivity contribution >= 4 is 24.2 Å². The molecule has 12 heteroatoms. The number of carbonyl (C=O) groups is 2. The maximum absolute atomic E-state index is 12.1. The third kappa shape index (κ3) is 10.2. The van der Waals surface area contributed by atoms with Crippen molar-refractivity contribution in [2.45, 2.75) is 51.4 Å². The lowest BCUT2D eigenvalue weighted by Crippen LogP contribution is -2.17. The Labute approximate surface area is 247 Å². The molecule has 0 aliphatic carbocycles. The number of amides is 2. The summed E-state index contributed by atoms with van der Waals surface area (Å²) in [6, 6.07) is 7.02. The lowest BCUT2D eigenvalue weighted by molar-refractivity contribution is -0.122. The molecule has 0 aliphatic heterocycles. The Hall–Kier alpha value is -4.48. The van der Waals surface area contributed by atoms with E-state index in [1.54, 1.807) is 38.5 Å². The van der Waals surface area contributed by atoms with Crippen molar-refractivity contribution in [3.63, 3.8) is 0 Å². The van der Waals surface area contributed by atoms with Gasteiger partial charge in [0.2, 0.25) is 23.3 Å². The first-order valence-electron chi connectivity index (χ1n) is 13.7. The van der Waals surface area contributed by atoms with Crippen LogP contribution in [0.25, 0.3) is 0 Å². The van der Waals surface area contributed by atoms with Crippen LogP contribution in [0, 0.1) is 0 Å². The zero-order chi connectivity index (χ0) is 30.7. The maximum Gasteiger partial charge on any atom is 0.240 e. The molecule has 0 bridgehead atoms. The molecule has 0 fully saturated rings. The molecule has 2 N–H and O–H groups in total. The number of carbonyl (C=O) groups excluding carboxylic acids is 2. The largest absolute Gasteiger partial charge is 0.493 e. The van der Waals surface area contributed by atoms with Crippen molar-refractivity contribution in [1.82, 2.24) is 10.9 Å². The van der Waals surface area contributed by atoms with Gasteiger partial charge in [-0.05, 0) is 37.1 Å². The highest BCUT2D eigenvalue weighted by Crippen LogP contribution is 2.39. The summed E-state index contributed by atoms with van der Waals surface area (Å²) < 4.78 is 32.1. The molecule has 0 atom stereocenters. The molecule has 0 heterocycles. The highest BCUT2D eigenvalue weighted by Gasteiger charge is 2.15. The topological polar surface area (TPSA) is 138 Å². The predicted molar refractivity (Wildman–Crippen MR) is 161 cm³/mol. The monoisotopic (exact) mass is 586 g/mol. The van der Waals surface area contributed by atoms with Gasteiger partial charge in [-0.3, -0.25) is 9.59 Å². The zero-order valence-electron chi connectivity index (χ0n) is 25.3. The standard InChI is InChI=1S/C30H42N4O8/c1-37-23-17-15-21(27(39-3)29(23)41-5)19-31-33-25(35)13-11-9-7-8-10-12-14-26(36)34-32-20-22-16-18-24(38-2)30(42-6)28(22)40-4/h15-20H,7-14H2,1-6H3,(H,33,35)(H,34,36)/b31-19-,32-20-. The van der Waals surface area contributed by atoms with Gasteiger partial charge in [-0.25, -0.2) is 10.9 Å². The summed E-state index contributed by atoms with van der Waals surface area (Å²) in [7, 11) is 9.19. The minimum absolute atomic E-state index is 0.159. The summed E-state index contributed by atoms with van der Waals surface area (Å²) >= 11 is 0. The second-order valence-electron chi connectivity index (χ2n) is 9.05. The van der Waals surface area contributed by atoms with Crippen LogP contribution < -0.4 is 39.3 Å². The van der Waals surface area contributed by atoms with Crippen LogP contribution in [0.1, 0.15) is 62.5 Å². The number of ether oxygens (including phenoxy) is 6. The average Bonchev–Trinajstić information content (AvgIpc) is 3.01. The lowest BCUT2D eigenvalue weighted by atomic mass is 10.1. The summed E-state index contributed by atoms with van der Waals surface area (Å²) in [5, 5.41) is 8.07. The van der Waals surface area contributed by atoms with Gasteiger partial charge in [0, 0.05) is 24.0 Å². The van der Waals surface area contributed by atoms with Crippen molar-refractivity contribution in [2.75, 3.05) is 42.7 Å². The van der Waals surface area contributed by atoms with Gasteiger partial charge in [-0.2, -0.15) is 10.2 Å². The van der Waals surface area contributed by atoms with Crippen LogP contribution in [0.4, 0.5) is 0 Å². The quantitative estimate of drug-likeness (QED) is 0.140. The van der Waals surface area contributed by atoms with E-state index in [9.17, 15) is 9.59 Å². The van der Waals surface area contributed by atoms with E-state index in [0.717, 1.165) is 38.5 Å². The summed E-state index contributed by atoms with van der Waals surface area (Å²) in [4.78, 5) is 24.2. The van der Waals surface area contributed by atoms with Crippen molar-refractivity contribution in [3.8, 4) is 34.5 Å². The molecular formula is C30H42N4O8. The average molecular weight is 587 g/mol. The van der Waals surface area contributed by atoms with Gasteiger partial charge in [0.05, 0.1) is 55.1 Å². The van der Waals surface area contributed by atoms with Gasteiger partial charge in [-0.15, -0.1) is 0 Å². The van der Waals surface area contributed by atoms with Crippen LogP contribution in [0.5, 0.6) is 34.5 Å². The molecule has 2 aromatic carbocycles. The number of nitrogens with one attached hydrogen (secondary N) is 2. The Bertz CT molecular complexity index is 1120. The van der Waals surface area contributed by atoms with Crippen molar-refractivity contribution in [1.29, 1.82) is 0 Å². The van der Waals surface area contributed by atoms with Crippen LogP contribution in [-0.4, -0.2) is 66.9 Å². The van der Waals surface area contributed by atoms with Crippen LogP contribution >= 0.6 is 0 Å². The normalized spacial score (nSPS) is 10.9. The first kappa shape index (κ1) is 33.7. The van der Waals surface area contributed by atoms with E-state index in [4.69, 9.17) is 28.4 Å². The van der Waals surface area contributed by atoms with Gasteiger partial charge in [0.25, 0.3) is 0 Å². The molecule has 2 amide bonds. The highest BCUT2D eigenvalue weighted by molar-refractivity contribution is 5.88. The summed E-state index contributed by atoms with van der Waals surface area (Å²) in [5.41, 5.74) is 6.38. The number of rotatable bonds is 19. The van der Waals surface area contributed by atoms with E-state index in [1.807, 2.05) is 0 Å². The molecule has 230 valence electrons. The van der Waals surface area contributed by atoms with Crippen molar-refractivity contribution < 1.29 is 38.0 Å². The number of hydrogen-bond donors (Lipinski definition) is 2. The fraction of sp³-hybridized carbons (Fsp3) is 0.467. The smallest absolute Gasteiger partial charge is 0.240 e. The Kier molecular flexibility index (Phi) is 15.1. The van der Waals surface area contributed by atoms with Gasteiger partial charge < -0.3 is 28.4 Å². The second kappa shape index (κ2) is 18.8. The third-order valence-electron chi connectivity index (χ3n) is 6.31. The summed E-state index contributed by atoms with van der Waals surface area (Å²) in [5.74, 6) is 2.61. The number of hydrogen-bond acceptors (Lipinski definition) is 10.